The molecular weight excluding hydrogens is 384 g/mol. The minimum absolute atomic E-state index is 0.231. The lowest BCUT2D eigenvalue weighted by Crippen LogP contribution is -2.23. The van der Waals surface area contributed by atoms with Crippen LogP contribution in [0.2, 0.25) is 0 Å². The smallest absolute Gasteiger partial charge is 0.291 e. The zero-order valence-electron chi connectivity index (χ0n) is 16.2. The van der Waals surface area contributed by atoms with Gasteiger partial charge in [0.05, 0.1) is 18.2 Å². The van der Waals surface area contributed by atoms with Gasteiger partial charge in [-0.2, -0.15) is 5.10 Å². The number of carbonyl (C=O) groups excluding carboxylic acids is 2. The Morgan fingerprint density at radius 2 is 1.80 bits per heavy atom. The number of furan rings is 1. The second kappa shape index (κ2) is 10.4. The van der Waals surface area contributed by atoms with Crippen molar-refractivity contribution in [3.05, 3.63) is 89.9 Å². The zero-order chi connectivity index (χ0) is 21.2. The van der Waals surface area contributed by atoms with Crippen LogP contribution in [0.1, 0.15) is 28.6 Å². The Morgan fingerprint density at radius 3 is 2.50 bits per heavy atom. The fraction of sp³-hybridized carbons (Fsp3) is 0.0909. The predicted octanol–water partition coefficient (Wildman–Crippen LogP) is 3.42. The minimum Gasteiger partial charge on any atom is -0.459 e. The van der Waals surface area contributed by atoms with Gasteiger partial charge in [0.15, 0.2) is 12.4 Å². The van der Waals surface area contributed by atoms with Crippen molar-refractivity contribution in [2.45, 2.75) is 6.92 Å². The fourth-order valence-electron chi connectivity index (χ4n) is 2.37. The maximum absolute atomic E-state index is 12.0. The molecule has 0 bridgehead atoms. The number of oxime groups is 1. The summed E-state index contributed by atoms with van der Waals surface area (Å²) in [5.74, 6) is -0.530. The van der Waals surface area contributed by atoms with Crippen LogP contribution in [-0.4, -0.2) is 30.3 Å². The molecule has 30 heavy (non-hydrogen) atoms. The molecule has 0 unspecified atom stereocenters. The van der Waals surface area contributed by atoms with E-state index in [0.717, 1.165) is 11.1 Å². The second-order valence-corrected chi connectivity index (χ2v) is 6.16. The van der Waals surface area contributed by atoms with E-state index in [1.807, 2.05) is 30.3 Å². The van der Waals surface area contributed by atoms with E-state index in [1.54, 1.807) is 43.3 Å². The molecule has 152 valence electrons. The highest BCUT2D eigenvalue weighted by Crippen LogP contribution is 2.12. The van der Waals surface area contributed by atoms with Crippen LogP contribution in [0.4, 0.5) is 5.69 Å². The molecule has 0 aliphatic heterocycles. The van der Waals surface area contributed by atoms with Gasteiger partial charge in [-0.25, -0.2) is 5.43 Å². The number of hydrazone groups is 1. The van der Waals surface area contributed by atoms with Crippen molar-refractivity contribution in [2.24, 2.45) is 10.3 Å². The van der Waals surface area contributed by atoms with Gasteiger partial charge >= 0.3 is 0 Å². The predicted molar refractivity (Wildman–Crippen MR) is 113 cm³/mol. The third kappa shape index (κ3) is 6.16. The summed E-state index contributed by atoms with van der Waals surface area (Å²) in [5.41, 5.74) is 5.28. The Morgan fingerprint density at radius 1 is 1.03 bits per heavy atom. The van der Waals surface area contributed by atoms with Gasteiger partial charge in [0.2, 0.25) is 0 Å². The lowest BCUT2D eigenvalue weighted by Gasteiger charge is -2.06. The third-order valence-corrected chi connectivity index (χ3v) is 3.93. The number of carbonyl (C=O) groups is 2. The summed E-state index contributed by atoms with van der Waals surface area (Å²) in [7, 11) is 0. The van der Waals surface area contributed by atoms with E-state index >= 15 is 0 Å². The Labute approximate surface area is 173 Å². The lowest BCUT2D eigenvalue weighted by atomic mass is 10.1. The van der Waals surface area contributed by atoms with Gasteiger partial charge in [0, 0.05) is 5.69 Å². The lowest BCUT2D eigenvalue weighted by molar-refractivity contribution is -0.125. The minimum atomic E-state index is -0.429. The van der Waals surface area contributed by atoms with Crippen molar-refractivity contribution in [2.75, 3.05) is 11.9 Å². The summed E-state index contributed by atoms with van der Waals surface area (Å²) in [6, 6.07) is 19.7. The molecule has 0 aliphatic carbocycles. The van der Waals surface area contributed by atoms with Crippen LogP contribution in [0.3, 0.4) is 0 Å². The van der Waals surface area contributed by atoms with Crippen LogP contribution in [0.5, 0.6) is 0 Å². The van der Waals surface area contributed by atoms with E-state index < -0.39 is 5.91 Å². The number of amides is 2. The Balaban J connectivity index is 1.45. The average Bonchev–Trinajstić information content (AvgIpc) is 3.31. The van der Waals surface area contributed by atoms with Gasteiger partial charge in [0.25, 0.3) is 11.8 Å². The molecule has 3 rings (SSSR count). The first-order valence-electron chi connectivity index (χ1n) is 9.10. The molecule has 1 heterocycles. The van der Waals surface area contributed by atoms with Crippen LogP contribution < -0.4 is 10.7 Å². The molecule has 0 spiro atoms. The molecule has 3 aromatic rings. The van der Waals surface area contributed by atoms with Crippen molar-refractivity contribution in [3.63, 3.8) is 0 Å². The Bertz CT molecular complexity index is 1030. The van der Waals surface area contributed by atoms with Crippen molar-refractivity contribution in [1.29, 1.82) is 0 Å². The van der Waals surface area contributed by atoms with Crippen LogP contribution in [0, 0.1) is 0 Å². The van der Waals surface area contributed by atoms with Gasteiger partial charge in [-0.1, -0.05) is 47.6 Å². The van der Waals surface area contributed by atoms with Crippen LogP contribution in [-0.2, 0) is 9.63 Å². The summed E-state index contributed by atoms with van der Waals surface area (Å²) in [4.78, 5) is 28.7. The third-order valence-electron chi connectivity index (χ3n) is 3.93. The molecule has 0 saturated carbocycles. The van der Waals surface area contributed by atoms with Gasteiger partial charge in [-0.3, -0.25) is 9.59 Å². The highest BCUT2D eigenvalue weighted by Gasteiger charge is 2.09. The van der Waals surface area contributed by atoms with Crippen LogP contribution >= 0.6 is 0 Å². The van der Waals surface area contributed by atoms with Crippen molar-refractivity contribution < 1.29 is 18.8 Å². The Hall–Kier alpha value is -4.20. The van der Waals surface area contributed by atoms with E-state index in [0.29, 0.717) is 11.4 Å². The van der Waals surface area contributed by atoms with E-state index in [2.05, 4.69) is 21.0 Å². The quantitative estimate of drug-likeness (QED) is 0.443. The second-order valence-electron chi connectivity index (χ2n) is 6.16. The molecule has 0 fully saturated rings. The van der Waals surface area contributed by atoms with E-state index in [-0.39, 0.29) is 18.3 Å². The maximum atomic E-state index is 12.0. The average molecular weight is 404 g/mol. The maximum Gasteiger partial charge on any atom is 0.291 e. The fourth-order valence-corrected chi connectivity index (χ4v) is 2.37. The monoisotopic (exact) mass is 404 g/mol. The first-order chi connectivity index (χ1) is 14.6. The summed E-state index contributed by atoms with van der Waals surface area (Å²) < 4.78 is 5.05. The number of anilines is 1. The molecule has 0 radical (unpaired) electrons. The molecule has 0 aliphatic rings. The van der Waals surface area contributed by atoms with Gasteiger partial charge in [-0.05, 0) is 42.3 Å². The summed E-state index contributed by atoms with van der Waals surface area (Å²) in [6.45, 7) is 1.50. The van der Waals surface area contributed by atoms with Crippen molar-refractivity contribution in [3.8, 4) is 0 Å². The highest BCUT2D eigenvalue weighted by atomic mass is 16.6. The normalized spacial score (nSPS) is 11.3. The molecular formula is C22H20N4O4. The van der Waals surface area contributed by atoms with Crippen molar-refractivity contribution >= 4 is 29.4 Å². The first-order valence-corrected chi connectivity index (χ1v) is 9.10. The highest BCUT2D eigenvalue weighted by molar-refractivity contribution is 6.03. The SMILES string of the molecule is C/C(=N/NC(=O)CO/N=C\c1ccccc1)c1ccc(NC(=O)c2ccco2)cc1. The van der Waals surface area contributed by atoms with E-state index in [4.69, 9.17) is 9.25 Å². The largest absolute Gasteiger partial charge is 0.459 e. The number of hydrogen-bond acceptors (Lipinski definition) is 6. The zero-order valence-corrected chi connectivity index (χ0v) is 16.2. The van der Waals surface area contributed by atoms with E-state index in [1.165, 1.54) is 12.5 Å². The Kier molecular flexibility index (Phi) is 7.10. The molecule has 2 amide bonds. The number of nitrogens with zero attached hydrogens (tertiary/aromatic N) is 2. The topological polar surface area (TPSA) is 105 Å². The number of rotatable bonds is 8. The first kappa shape index (κ1) is 20.5. The van der Waals surface area contributed by atoms with E-state index in [9.17, 15) is 9.59 Å². The summed E-state index contributed by atoms with van der Waals surface area (Å²) in [5, 5.41) is 10.5. The van der Waals surface area contributed by atoms with Gasteiger partial charge < -0.3 is 14.6 Å². The molecule has 0 atom stereocenters. The molecule has 0 saturated heterocycles. The van der Waals surface area contributed by atoms with Crippen molar-refractivity contribution in [1.82, 2.24) is 5.43 Å². The molecule has 2 N–H and O–H groups in total. The number of benzene rings is 2. The van der Waals surface area contributed by atoms with Gasteiger partial charge in [0.1, 0.15) is 0 Å². The van der Waals surface area contributed by atoms with Crippen LogP contribution in [0.15, 0.2) is 87.7 Å². The summed E-state index contributed by atoms with van der Waals surface area (Å²) >= 11 is 0. The van der Waals surface area contributed by atoms with Crippen LogP contribution in [0.25, 0.3) is 0 Å². The molecule has 2 aromatic carbocycles. The molecule has 8 heteroatoms. The molecule has 8 nitrogen and oxygen atoms in total. The summed E-state index contributed by atoms with van der Waals surface area (Å²) in [6.07, 6.45) is 2.96. The standard InChI is InChI=1S/C22H20N4O4/c1-16(25-26-21(27)15-30-23-14-17-6-3-2-4-7-17)18-9-11-19(12-10-18)24-22(28)20-8-5-13-29-20/h2-14H,15H2,1H3,(H,24,28)(H,26,27)/b23-14-,25-16-. The number of nitrogens with one attached hydrogen (secondary N) is 2. The molecule has 1 aromatic heterocycles. The van der Waals surface area contributed by atoms with Gasteiger partial charge in [-0.15, -0.1) is 0 Å². The number of hydrogen-bond donors (Lipinski definition) is 2.